The van der Waals surface area contributed by atoms with E-state index in [1.165, 1.54) is 25.1 Å². The molecule has 102 valence electrons. The number of isocyanates is 1. The van der Waals surface area contributed by atoms with Gasteiger partial charge in [-0.3, -0.25) is 0 Å². The Hall–Kier alpha value is -1.98. The summed E-state index contributed by atoms with van der Waals surface area (Å²) in [5, 5.41) is 0. The van der Waals surface area contributed by atoms with Crippen LogP contribution in [0.3, 0.4) is 0 Å². The maximum atomic E-state index is 11.9. The zero-order chi connectivity index (χ0) is 14.6. The van der Waals surface area contributed by atoms with Gasteiger partial charge in [-0.25, -0.2) is 9.59 Å². The average molecular weight is 283 g/mol. The van der Waals surface area contributed by atoms with Gasteiger partial charge in [0.05, 0.1) is 11.7 Å². The van der Waals surface area contributed by atoms with Crippen LogP contribution < -0.4 is 0 Å². The van der Waals surface area contributed by atoms with Crippen LogP contribution in [-0.2, 0) is 19.6 Å². The minimum absolute atomic E-state index is 0.146. The highest BCUT2D eigenvalue weighted by Gasteiger charge is 2.25. The summed E-state index contributed by atoms with van der Waals surface area (Å²) in [4.78, 5) is 21.7. The van der Waals surface area contributed by atoms with E-state index in [1.807, 2.05) is 0 Å². The smallest absolute Gasteiger partial charge is 0.339 e. The number of aryl methyl sites for hydroxylation is 1. The molecule has 0 aliphatic rings. The Balaban J connectivity index is 3.48. The van der Waals surface area contributed by atoms with Crippen LogP contribution in [0.5, 0.6) is 0 Å². The third-order valence-electron chi connectivity index (χ3n) is 2.19. The first-order valence-corrected chi connectivity index (χ1v) is 6.88. The second-order valence-electron chi connectivity index (χ2n) is 4.06. The van der Waals surface area contributed by atoms with Crippen LogP contribution >= 0.6 is 0 Å². The SMILES string of the molecule is Cc1cccc(C(=O)OC(C)C)c1S(=O)(=O)N=C=O. The molecule has 0 aromatic heterocycles. The Bertz CT molecular complexity index is 642. The predicted molar refractivity (Wildman–Crippen MR) is 67.0 cm³/mol. The van der Waals surface area contributed by atoms with E-state index in [0.717, 1.165) is 6.08 Å². The standard InChI is InChI=1S/C12H13NO5S/c1-8(2)18-12(15)10-6-4-5-9(3)11(10)19(16,17)13-7-14/h4-6,8H,1-3H3. The van der Waals surface area contributed by atoms with E-state index in [2.05, 4.69) is 4.40 Å². The summed E-state index contributed by atoms with van der Waals surface area (Å²) in [7, 11) is -4.25. The van der Waals surface area contributed by atoms with Crippen molar-refractivity contribution < 1.29 is 22.7 Å². The normalized spacial score (nSPS) is 10.9. The van der Waals surface area contributed by atoms with Crippen LogP contribution in [0.1, 0.15) is 29.8 Å². The fraction of sp³-hybridized carbons (Fsp3) is 0.333. The van der Waals surface area contributed by atoms with E-state index in [-0.39, 0.29) is 10.5 Å². The van der Waals surface area contributed by atoms with Crippen molar-refractivity contribution in [2.75, 3.05) is 0 Å². The third kappa shape index (κ3) is 3.49. The number of esters is 1. The third-order valence-corrected chi connectivity index (χ3v) is 3.56. The quantitative estimate of drug-likeness (QED) is 0.475. The Morgan fingerprint density at radius 3 is 2.53 bits per heavy atom. The lowest BCUT2D eigenvalue weighted by atomic mass is 10.1. The summed E-state index contributed by atoms with van der Waals surface area (Å²) in [6.07, 6.45) is 0.585. The zero-order valence-corrected chi connectivity index (χ0v) is 11.5. The average Bonchev–Trinajstić information content (AvgIpc) is 2.27. The molecule has 1 rings (SSSR count). The molecule has 1 aromatic carbocycles. The molecule has 0 N–H and O–H groups in total. The Morgan fingerprint density at radius 2 is 2.00 bits per heavy atom. The summed E-state index contributed by atoms with van der Waals surface area (Å²) < 4.78 is 31.4. The first-order chi connectivity index (χ1) is 8.79. The van der Waals surface area contributed by atoms with Gasteiger partial charge >= 0.3 is 5.97 Å². The molecule has 0 atom stereocenters. The second-order valence-corrected chi connectivity index (χ2v) is 5.60. The maximum Gasteiger partial charge on any atom is 0.339 e. The fourth-order valence-electron chi connectivity index (χ4n) is 1.53. The van der Waals surface area contributed by atoms with Crippen molar-refractivity contribution >= 4 is 22.1 Å². The number of benzene rings is 1. The summed E-state index contributed by atoms with van der Waals surface area (Å²) in [6, 6.07) is 4.33. The molecule has 0 fully saturated rings. The van der Waals surface area contributed by atoms with Gasteiger partial charge in [0.2, 0.25) is 0 Å². The van der Waals surface area contributed by atoms with Crippen molar-refractivity contribution in [1.29, 1.82) is 0 Å². The van der Waals surface area contributed by atoms with E-state index in [4.69, 9.17) is 4.74 Å². The fourth-order valence-corrected chi connectivity index (χ4v) is 2.62. The highest BCUT2D eigenvalue weighted by molar-refractivity contribution is 7.90. The largest absolute Gasteiger partial charge is 0.459 e. The van der Waals surface area contributed by atoms with Crippen LogP contribution in [0.25, 0.3) is 0 Å². The topological polar surface area (TPSA) is 89.9 Å². The number of ether oxygens (including phenoxy) is 1. The Labute approximate surface area is 111 Å². The van der Waals surface area contributed by atoms with Gasteiger partial charge in [0.25, 0.3) is 16.1 Å². The van der Waals surface area contributed by atoms with Crippen molar-refractivity contribution in [3.05, 3.63) is 29.3 Å². The van der Waals surface area contributed by atoms with E-state index < -0.39 is 22.1 Å². The molecule has 0 aliphatic carbocycles. The number of sulfonamides is 1. The number of hydrogen-bond acceptors (Lipinski definition) is 5. The van der Waals surface area contributed by atoms with E-state index in [1.54, 1.807) is 13.8 Å². The van der Waals surface area contributed by atoms with Gasteiger partial charge in [0, 0.05) is 0 Å². The van der Waals surface area contributed by atoms with Crippen molar-refractivity contribution in [1.82, 2.24) is 0 Å². The number of nitrogens with zero attached hydrogens (tertiary/aromatic N) is 1. The van der Waals surface area contributed by atoms with Gasteiger partial charge in [-0.15, -0.1) is 0 Å². The summed E-state index contributed by atoms with van der Waals surface area (Å²) >= 11 is 0. The molecule has 0 spiro atoms. The minimum Gasteiger partial charge on any atom is -0.459 e. The molecule has 6 nitrogen and oxygen atoms in total. The lowest BCUT2D eigenvalue weighted by molar-refractivity contribution is 0.0373. The number of rotatable bonds is 4. The minimum atomic E-state index is -4.25. The highest BCUT2D eigenvalue weighted by Crippen LogP contribution is 2.23. The van der Waals surface area contributed by atoms with Crippen molar-refractivity contribution in [3.8, 4) is 0 Å². The molecule has 0 amide bonds. The predicted octanol–water partition coefficient (Wildman–Crippen LogP) is 1.58. The highest BCUT2D eigenvalue weighted by atomic mass is 32.2. The number of carbonyl (C=O) groups excluding carboxylic acids is 2. The zero-order valence-electron chi connectivity index (χ0n) is 10.7. The molecule has 7 heteroatoms. The molecule has 0 aliphatic heterocycles. The lowest BCUT2D eigenvalue weighted by Crippen LogP contribution is -2.16. The van der Waals surface area contributed by atoms with Gasteiger partial charge in [-0.2, -0.15) is 8.42 Å². The number of hydrogen-bond donors (Lipinski definition) is 0. The molecular weight excluding hydrogens is 270 g/mol. The van der Waals surface area contributed by atoms with E-state index in [0.29, 0.717) is 5.56 Å². The molecule has 0 heterocycles. The second kappa shape index (κ2) is 5.77. The molecule has 0 bridgehead atoms. The molecule has 0 saturated carbocycles. The molecule has 19 heavy (non-hydrogen) atoms. The van der Waals surface area contributed by atoms with Crippen LogP contribution in [-0.4, -0.2) is 26.6 Å². The Kier molecular flexibility index (Phi) is 4.58. The van der Waals surface area contributed by atoms with Crippen molar-refractivity contribution in [3.63, 3.8) is 0 Å². The van der Waals surface area contributed by atoms with Gasteiger partial charge in [0.1, 0.15) is 4.90 Å². The molecule has 0 radical (unpaired) electrons. The summed E-state index contributed by atoms with van der Waals surface area (Å²) in [6.45, 7) is 4.79. The van der Waals surface area contributed by atoms with Gasteiger partial charge in [0.15, 0.2) is 0 Å². The van der Waals surface area contributed by atoms with E-state index in [9.17, 15) is 18.0 Å². The molecule has 0 unspecified atom stereocenters. The van der Waals surface area contributed by atoms with Crippen LogP contribution in [0.4, 0.5) is 0 Å². The molecular formula is C12H13NO5S. The molecule has 1 aromatic rings. The Morgan fingerprint density at radius 1 is 1.37 bits per heavy atom. The van der Waals surface area contributed by atoms with Gasteiger partial charge in [-0.1, -0.05) is 16.5 Å². The van der Waals surface area contributed by atoms with Crippen LogP contribution in [0, 0.1) is 6.92 Å². The lowest BCUT2D eigenvalue weighted by Gasteiger charge is -2.11. The molecule has 0 saturated heterocycles. The first-order valence-electron chi connectivity index (χ1n) is 5.44. The van der Waals surface area contributed by atoms with Gasteiger partial charge in [-0.05, 0) is 32.4 Å². The van der Waals surface area contributed by atoms with E-state index >= 15 is 0 Å². The summed E-state index contributed by atoms with van der Waals surface area (Å²) in [5.41, 5.74) is 0.157. The monoisotopic (exact) mass is 283 g/mol. The van der Waals surface area contributed by atoms with Gasteiger partial charge < -0.3 is 4.74 Å². The maximum absolute atomic E-state index is 11.9. The number of carbonyl (C=O) groups is 1. The van der Waals surface area contributed by atoms with Crippen LogP contribution in [0.2, 0.25) is 0 Å². The van der Waals surface area contributed by atoms with Crippen molar-refractivity contribution in [2.24, 2.45) is 4.40 Å². The first kappa shape index (κ1) is 15.1. The van der Waals surface area contributed by atoms with Crippen LogP contribution in [0.15, 0.2) is 27.5 Å². The van der Waals surface area contributed by atoms with Crippen molar-refractivity contribution in [2.45, 2.75) is 31.8 Å². The summed E-state index contributed by atoms with van der Waals surface area (Å²) in [5.74, 6) is -0.779.